The summed E-state index contributed by atoms with van der Waals surface area (Å²) >= 11 is 4.56. The molecule has 0 unspecified atom stereocenters. The van der Waals surface area contributed by atoms with Crippen LogP contribution in [0.3, 0.4) is 0 Å². The van der Waals surface area contributed by atoms with E-state index in [1.54, 1.807) is 0 Å². The number of ether oxygens (including phenoxy) is 1. The number of rotatable bonds is 4. The number of carbonyl (C=O) groups is 1. The maximum atomic E-state index is 11.1. The third-order valence-corrected chi connectivity index (χ3v) is 1.90. The molecule has 0 bridgehead atoms. The molecule has 2 nitrogen and oxygen atoms in total. The minimum Gasteiger partial charge on any atom is -0.457 e. The molecule has 1 aromatic carbocycles. The summed E-state index contributed by atoms with van der Waals surface area (Å²) in [6.07, 6.45) is 0. The molecular weight excluding hydrogens is 196 g/mol. The highest BCUT2D eigenvalue weighted by Crippen LogP contribution is 2.02. The monoisotopic (exact) mass is 206 g/mol. The van der Waals surface area contributed by atoms with Crippen LogP contribution < -0.4 is 0 Å². The second-order valence-electron chi connectivity index (χ2n) is 2.70. The van der Waals surface area contributed by atoms with Gasteiger partial charge in [-0.25, -0.2) is 4.79 Å². The Morgan fingerprint density at radius 2 is 2.07 bits per heavy atom. The predicted molar refractivity (Wildman–Crippen MR) is 59.0 cm³/mol. The van der Waals surface area contributed by atoms with E-state index in [2.05, 4.69) is 18.8 Å². The summed E-state index contributed by atoms with van der Waals surface area (Å²) < 4.78 is 4.94. The van der Waals surface area contributed by atoms with Gasteiger partial charge in [-0.15, -0.1) is 0 Å². The largest absolute Gasteiger partial charge is 0.457 e. The summed E-state index contributed by atoms with van der Waals surface area (Å²) in [5, 5.41) is 1.22. The lowest BCUT2D eigenvalue weighted by Crippen LogP contribution is -2.07. The standard InChI is InChI=1S/C11H10O2S/c1-9(8-14)11(12)13-7-10-5-3-2-4-6-10/h2-6,8H,1,7H2. The van der Waals surface area contributed by atoms with Gasteiger partial charge in [-0.3, -0.25) is 0 Å². The minimum absolute atomic E-state index is 0.205. The first-order chi connectivity index (χ1) is 6.74. The van der Waals surface area contributed by atoms with Gasteiger partial charge in [-0.2, -0.15) is 0 Å². The summed E-state index contributed by atoms with van der Waals surface area (Å²) in [6.45, 7) is 3.70. The van der Waals surface area contributed by atoms with E-state index in [1.165, 1.54) is 5.37 Å². The molecule has 3 heteroatoms. The Bertz CT molecular complexity index is 344. The van der Waals surface area contributed by atoms with Crippen molar-refractivity contribution in [1.82, 2.24) is 0 Å². The first kappa shape index (κ1) is 10.6. The molecule has 14 heavy (non-hydrogen) atoms. The van der Waals surface area contributed by atoms with Crippen LogP contribution in [-0.4, -0.2) is 11.3 Å². The SMILES string of the molecule is C=C(C=S)C(=O)OCc1ccccc1. The molecular formula is C11H10O2S. The average molecular weight is 206 g/mol. The van der Waals surface area contributed by atoms with Crippen molar-refractivity contribution < 1.29 is 9.53 Å². The van der Waals surface area contributed by atoms with Crippen LogP contribution >= 0.6 is 12.2 Å². The average Bonchev–Trinajstić information content (AvgIpc) is 2.26. The smallest absolute Gasteiger partial charge is 0.338 e. The Morgan fingerprint density at radius 1 is 1.43 bits per heavy atom. The van der Waals surface area contributed by atoms with Crippen molar-refractivity contribution in [1.29, 1.82) is 0 Å². The number of hydrogen-bond acceptors (Lipinski definition) is 3. The van der Waals surface area contributed by atoms with Crippen molar-refractivity contribution in [2.45, 2.75) is 6.61 Å². The van der Waals surface area contributed by atoms with E-state index < -0.39 is 5.97 Å². The highest BCUT2D eigenvalue weighted by Gasteiger charge is 2.04. The quantitative estimate of drug-likeness (QED) is 0.429. The van der Waals surface area contributed by atoms with Gasteiger partial charge in [0, 0.05) is 5.37 Å². The Balaban J connectivity index is 2.46. The van der Waals surface area contributed by atoms with Crippen LogP contribution in [0.5, 0.6) is 0 Å². The van der Waals surface area contributed by atoms with Gasteiger partial charge in [-0.1, -0.05) is 49.1 Å². The Hall–Kier alpha value is -1.48. The van der Waals surface area contributed by atoms with Gasteiger partial charge in [0.1, 0.15) is 6.61 Å². The zero-order valence-electron chi connectivity index (χ0n) is 7.60. The molecule has 0 atom stereocenters. The van der Waals surface area contributed by atoms with Crippen LogP contribution in [0.1, 0.15) is 5.56 Å². The lowest BCUT2D eigenvalue weighted by atomic mass is 10.2. The van der Waals surface area contributed by atoms with Crippen molar-refractivity contribution >= 4 is 23.6 Å². The molecule has 0 amide bonds. The summed E-state index contributed by atoms with van der Waals surface area (Å²) in [4.78, 5) is 11.1. The zero-order chi connectivity index (χ0) is 10.4. The lowest BCUT2D eigenvalue weighted by molar-refractivity contribution is -0.139. The van der Waals surface area contributed by atoms with E-state index in [4.69, 9.17) is 4.74 Å². The molecule has 0 aromatic heterocycles. The van der Waals surface area contributed by atoms with Crippen LogP contribution in [0.2, 0.25) is 0 Å². The van der Waals surface area contributed by atoms with Crippen molar-refractivity contribution in [3.8, 4) is 0 Å². The maximum Gasteiger partial charge on any atom is 0.338 e. The van der Waals surface area contributed by atoms with Gasteiger partial charge in [0.15, 0.2) is 0 Å². The van der Waals surface area contributed by atoms with Gasteiger partial charge < -0.3 is 4.74 Å². The summed E-state index contributed by atoms with van der Waals surface area (Å²) in [5.74, 6) is -0.469. The molecule has 1 aromatic rings. The molecule has 1 rings (SSSR count). The molecule has 0 radical (unpaired) electrons. The van der Waals surface area contributed by atoms with Crippen LogP contribution in [0, 0.1) is 0 Å². The van der Waals surface area contributed by atoms with E-state index in [0.717, 1.165) is 5.56 Å². The third-order valence-electron chi connectivity index (χ3n) is 1.62. The van der Waals surface area contributed by atoms with Crippen molar-refractivity contribution in [3.63, 3.8) is 0 Å². The third kappa shape index (κ3) is 3.11. The van der Waals surface area contributed by atoms with E-state index in [9.17, 15) is 4.79 Å². The van der Waals surface area contributed by atoms with E-state index >= 15 is 0 Å². The van der Waals surface area contributed by atoms with Crippen LogP contribution in [0.15, 0.2) is 42.5 Å². The summed E-state index contributed by atoms with van der Waals surface area (Å²) in [7, 11) is 0. The van der Waals surface area contributed by atoms with E-state index in [0.29, 0.717) is 0 Å². The second-order valence-corrected chi connectivity index (χ2v) is 2.94. The Morgan fingerprint density at radius 3 is 2.64 bits per heavy atom. The molecule has 0 saturated carbocycles. The molecule has 0 fully saturated rings. The first-order valence-corrected chi connectivity index (χ1v) is 4.56. The van der Waals surface area contributed by atoms with Crippen LogP contribution in [0.4, 0.5) is 0 Å². The first-order valence-electron chi connectivity index (χ1n) is 4.09. The molecule has 0 aliphatic heterocycles. The molecule has 0 aliphatic rings. The number of esters is 1. The predicted octanol–water partition coefficient (Wildman–Crippen LogP) is 2.29. The summed E-state index contributed by atoms with van der Waals surface area (Å²) in [5.41, 5.74) is 1.15. The van der Waals surface area contributed by atoms with Crippen LogP contribution in [-0.2, 0) is 16.1 Å². The lowest BCUT2D eigenvalue weighted by Gasteiger charge is -2.03. The van der Waals surface area contributed by atoms with E-state index in [-0.39, 0.29) is 12.2 Å². The summed E-state index contributed by atoms with van der Waals surface area (Å²) in [6, 6.07) is 9.44. The van der Waals surface area contributed by atoms with Crippen molar-refractivity contribution in [2.24, 2.45) is 0 Å². The highest BCUT2D eigenvalue weighted by molar-refractivity contribution is 7.79. The molecule has 0 N–H and O–H groups in total. The van der Waals surface area contributed by atoms with Crippen molar-refractivity contribution in [2.75, 3.05) is 0 Å². The molecule has 72 valence electrons. The minimum atomic E-state index is -0.469. The maximum absolute atomic E-state index is 11.1. The van der Waals surface area contributed by atoms with Gasteiger partial charge in [0.25, 0.3) is 0 Å². The molecule has 0 heterocycles. The van der Waals surface area contributed by atoms with Gasteiger partial charge in [0.2, 0.25) is 0 Å². The Kier molecular flexibility index (Phi) is 4.01. The Labute approximate surface area is 88.2 Å². The molecule has 0 saturated heterocycles. The topological polar surface area (TPSA) is 26.3 Å². The van der Waals surface area contributed by atoms with Crippen molar-refractivity contribution in [3.05, 3.63) is 48.0 Å². The zero-order valence-corrected chi connectivity index (χ0v) is 8.42. The normalized spacial score (nSPS) is 9.14. The van der Waals surface area contributed by atoms with Gasteiger partial charge >= 0.3 is 5.97 Å². The number of carbonyl (C=O) groups excluding carboxylic acids is 1. The fraction of sp³-hybridized carbons (Fsp3) is 0.0909. The fourth-order valence-electron chi connectivity index (χ4n) is 0.864. The molecule has 0 aliphatic carbocycles. The number of benzene rings is 1. The van der Waals surface area contributed by atoms with Gasteiger partial charge in [-0.05, 0) is 5.56 Å². The van der Waals surface area contributed by atoms with Gasteiger partial charge in [0.05, 0.1) is 5.57 Å². The van der Waals surface area contributed by atoms with E-state index in [1.807, 2.05) is 30.3 Å². The number of hydrogen-bond donors (Lipinski definition) is 0. The fourth-order valence-corrected chi connectivity index (χ4v) is 0.960. The second kappa shape index (κ2) is 5.29. The number of thiocarbonyl (C=S) groups is 1. The molecule has 0 spiro atoms. The highest BCUT2D eigenvalue weighted by atomic mass is 32.1. The van der Waals surface area contributed by atoms with Crippen LogP contribution in [0.25, 0.3) is 0 Å².